The monoisotopic (exact) mass is 439 g/mol. The molecule has 2 rings (SSSR count). The van der Waals surface area contributed by atoms with E-state index in [4.69, 9.17) is 14.5 Å². The molecular weight excluding hydrogens is 405 g/mol. The summed E-state index contributed by atoms with van der Waals surface area (Å²) in [6, 6.07) is 0. The number of hydrogen-bond donors (Lipinski definition) is 1. The lowest BCUT2D eigenvalue weighted by molar-refractivity contribution is -0.0848. The van der Waals surface area contributed by atoms with Crippen LogP contribution in [0.3, 0.4) is 0 Å². The third-order valence-electron chi connectivity index (χ3n) is 5.83. The molecule has 0 amide bonds. The van der Waals surface area contributed by atoms with Crippen LogP contribution in [0.4, 0.5) is 0 Å². The Bertz CT molecular complexity index is 418. The van der Waals surface area contributed by atoms with Crippen molar-refractivity contribution in [1.29, 1.82) is 0 Å². The fourth-order valence-corrected chi connectivity index (χ4v) is 3.18. The van der Waals surface area contributed by atoms with Crippen molar-refractivity contribution in [1.82, 2.24) is 10.2 Å². The van der Waals surface area contributed by atoms with Gasteiger partial charge in [-0.3, -0.25) is 4.99 Å². The van der Waals surface area contributed by atoms with Gasteiger partial charge in [-0.2, -0.15) is 0 Å². The molecule has 6 heteroatoms. The number of likely N-dealkylation sites (tertiary alicyclic amines) is 1. The van der Waals surface area contributed by atoms with Gasteiger partial charge >= 0.3 is 0 Å². The minimum absolute atomic E-state index is 0. The molecule has 2 aliphatic rings. The van der Waals surface area contributed by atoms with Crippen LogP contribution >= 0.6 is 24.0 Å². The van der Waals surface area contributed by atoms with Crippen LogP contribution in [-0.4, -0.2) is 62.0 Å². The molecule has 0 saturated carbocycles. The minimum atomic E-state index is -0.163. The Morgan fingerprint density at radius 2 is 1.83 bits per heavy atom. The van der Waals surface area contributed by atoms with Crippen molar-refractivity contribution in [3.8, 4) is 0 Å². The zero-order chi connectivity index (χ0) is 16.4. The van der Waals surface area contributed by atoms with Crippen LogP contribution in [0.5, 0.6) is 0 Å². The minimum Gasteiger partial charge on any atom is -0.381 e. The van der Waals surface area contributed by atoms with Gasteiger partial charge in [0, 0.05) is 57.2 Å². The summed E-state index contributed by atoms with van der Waals surface area (Å²) in [5.41, 5.74) is 0.258. The Kier molecular flexibility index (Phi) is 7.17. The van der Waals surface area contributed by atoms with Crippen molar-refractivity contribution in [2.24, 2.45) is 10.4 Å². The Morgan fingerprint density at radius 1 is 1.22 bits per heavy atom. The lowest BCUT2D eigenvalue weighted by atomic mass is 9.65. The molecule has 0 bridgehead atoms. The predicted molar refractivity (Wildman–Crippen MR) is 106 cm³/mol. The number of halogens is 1. The van der Waals surface area contributed by atoms with Crippen LogP contribution in [0.1, 0.15) is 47.5 Å². The van der Waals surface area contributed by atoms with Crippen LogP contribution in [0.25, 0.3) is 0 Å². The Balaban J connectivity index is 0.00000264. The van der Waals surface area contributed by atoms with Gasteiger partial charge in [-0.1, -0.05) is 13.8 Å². The van der Waals surface area contributed by atoms with E-state index in [0.29, 0.717) is 12.0 Å². The van der Waals surface area contributed by atoms with E-state index in [1.165, 1.54) is 0 Å². The highest BCUT2D eigenvalue weighted by Gasteiger charge is 2.53. The third kappa shape index (κ3) is 4.12. The Hall–Kier alpha value is -0.0800. The van der Waals surface area contributed by atoms with Gasteiger partial charge < -0.3 is 19.7 Å². The number of aliphatic imine (C=N–C) groups is 1. The molecule has 0 aromatic carbocycles. The largest absolute Gasteiger partial charge is 0.381 e. The molecule has 0 aromatic heterocycles. The van der Waals surface area contributed by atoms with Crippen LogP contribution in [0, 0.1) is 5.41 Å². The second kappa shape index (κ2) is 7.87. The first-order valence-electron chi connectivity index (χ1n) is 8.47. The number of rotatable bonds is 4. The average Bonchev–Trinajstić information content (AvgIpc) is 2.50. The maximum absolute atomic E-state index is 5.80. The molecule has 0 atom stereocenters. The molecule has 1 N–H and O–H groups in total. The number of nitrogens with one attached hydrogen (secondary N) is 1. The lowest BCUT2D eigenvalue weighted by Crippen LogP contribution is -2.72. The van der Waals surface area contributed by atoms with Gasteiger partial charge in [0.15, 0.2) is 5.96 Å². The van der Waals surface area contributed by atoms with Gasteiger partial charge in [-0.25, -0.2) is 0 Å². The van der Waals surface area contributed by atoms with Crippen LogP contribution in [-0.2, 0) is 9.47 Å². The first-order chi connectivity index (χ1) is 10.3. The summed E-state index contributed by atoms with van der Waals surface area (Å²) >= 11 is 0. The van der Waals surface area contributed by atoms with Gasteiger partial charge in [0.1, 0.15) is 0 Å². The van der Waals surface area contributed by atoms with Crippen LogP contribution in [0.2, 0.25) is 0 Å². The van der Waals surface area contributed by atoms with Crippen molar-refractivity contribution in [2.45, 2.75) is 58.6 Å². The van der Waals surface area contributed by atoms with Gasteiger partial charge in [0.25, 0.3) is 0 Å². The molecular formula is C17H34IN3O2. The van der Waals surface area contributed by atoms with E-state index in [0.717, 1.165) is 45.1 Å². The van der Waals surface area contributed by atoms with Crippen LogP contribution < -0.4 is 5.32 Å². The average molecular weight is 439 g/mol. The molecule has 0 unspecified atom stereocenters. The standard InChI is InChI=1S/C17H33N3O2.HI/c1-7-18-14(20-13-15(2,3)16(20,4)5)19-12-17(21-6)8-10-22-11-9-17;/h7-13H2,1-6H3,(H,18,19);1H. The SMILES string of the molecule is CCNC(=NCC1(OC)CCOCC1)N1CC(C)(C)C1(C)C.I. The van der Waals surface area contributed by atoms with Crippen LogP contribution in [0.15, 0.2) is 4.99 Å². The number of ether oxygens (including phenoxy) is 2. The number of methoxy groups -OCH3 is 1. The topological polar surface area (TPSA) is 46.1 Å². The molecule has 2 fully saturated rings. The summed E-state index contributed by atoms with van der Waals surface area (Å²) < 4.78 is 11.3. The molecule has 23 heavy (non-hydrogen) atoms. The molecule has 5 nitrogen and oxygen atoms in total. The van der Waals surface area contributed by atoms with E-state index in [2.05, 4.69) is 44.8 Å². The highest BCUT2D eigenvalue weighted by Crippen LogP contribution is 2.46. The fraction of sp³-hybridized carbons (Fsp3) is 0.941. The van der Waals surface area contributed by atoms with Gasteiger partial charge in [0.2, 0.25) is 0 Å². The normalized spacial score (nSPS) is 25.3. The van der Waals surface area contributed by atoms with Crippen molar-refractivity contribution in [3.05, 3.63) is 0 Å². The van der Waals surface area contributed by atoms with Gasteiger partial charge in [0.05, 0.1) is 12.1 Å². The van der Waals surface area contributed by atoms with Crippen molar-refractivity contribution in [3.63, 3.8) is 0 Å². The zero-order valence-corrected chi connectivity index (χ0v) is 17.9. The fourth-order valence-electron chi connectivity index (χ4n) is 3.18. The quantitative estimate of drug-likeness (QED) is 0.416. The van der Waals surface area contributed by atoms with E-state index in [1.54, 1.807) is 7.11 Å². The lowest BCUT2D eigenvalue weighted by Gasteiger charge is -2.62. The molecule has 136 valence electrons. The highest BCUT2D eigenvalue weighted by atomic mass is 127. The summed E-state index contributed by atoms with van der Waals surface area (Å²) in [7, 11) is 1.80. The van der Waals surface area contributed by atoms with Crippen molar-refractivity contribution in [2.75, 3.05) is 40.0 Å². The number of hydrogen-bond acceptors (Lipinski definition) is 3. The predicted octanol–water partition coefficient (Wildman–Crippen LogP) is 2.89. The molecule has 0 aliphatic carbocycles. The van der Waals surface area contributed by atoms with Crippen molar-refractivity contribution >= 4 is 29.9 Å². The summed E-state index contributed by atoms with van der Waals surface area (Å²) in [4.78, 5) is 7.30. The summed E-state index contributed by atoms with van der Waals surface area (Å²) in [5, 5.41) is 3.45. The van der Waals surface area contributed by atoms with Crippen molar-refractivity contribution < 1.29 is 9.47 Å². The summed E-state index contributed by atoms with van der Waals surface area (Å²) in [6.07, 6.45) is 1.84. The number of guanidine groups is 1. The Morgan fingerprint density at radius 3 is 2.26 bits per heavy atom. The first-order valence-corrected chi connectivity index (χ1v) is 8.47. The molecule has 2 aliphatic heterocycles. The molecule has 0 radical (unpaired) electrons. The molecule has 2 heterocycles. The second-order valence-electron chi connectivity index (χ2n) is 7.70. The third-order valence-corrected chi connectivity index (χ3v) is 5.83. The molecule has 0 aromatic rings. The maximum atomic E-state index is 5.80. The van der Waals surface area contributed by atoms with E-state index < -0.39 is 0 Å². The highest BCUT2D eigenvalue weighted by molar-refractivity contribution is 14.0. The molecule has 0 spiro atoms. The first kappa shape index (κ1) is 21.0. The zero-order valence-electron chi connectivity index (χ0n) is 15.6. The van der Waals surface area contributed by atoms with E-state index in [9.17, 15) is 0 Å². The number of nitrogens with zero attached hydrogens (tertiary/aromatic N) is 2. The van der Waals surface area contributed by atoms with Gasteiger partial charge in [-0.05, 0) is 20.8 Å². The van der Waals surface area contributed by atoms with E-state index in [1.807, 2.05) is 0 Å². The van der Waals surface area contributed by atoms with Gasteiger partial charge in [-0.15, -0.1) is 24.0 Å². The summed E-state index contributed by atoms with van der Waals surface area (Å²) in [6.45, 7) is 15.5. The second-order valence-corrected chi connectivity index (χ2v) is 7.70. The van der Waals surface area contributed by atoms with E-state index in [-0.39, 0.29) is 35.1 Å². The molecule has 2 saturated heterocycles. The smallest absolute Gasteiger partial charge is 0.194 e. The maximum Gasteiger partial charge on any atom is 0.194 e. The van der Waals surface area contributed by atoms with E-state index >= 15 is 0 Å². The summed E-state index contributed by atoms with van der Waals surface area (Å²) in [5.74, 6) is 1.01. The Labute approximate surface area is 158 Å².